The van der Waals surface area contributed by atoms with Crippen LogP contribution in [0, 0.1) is 16.7 Å². The van der Waals surface area contributed by atoms with E-state index in [1.54, 1.807) is 12.0 Å². The molecular formula is C19H40N4O2. The predicted octanol–water partition coefficient (Wildman–Crippen LogP) is 2.97. The summed E-state index contributed by atoms with van der Waals surface area (Å²) in [5.74, 6) is 1.13. The van der Waals surface area contributed by atoms with Crippen LogP contribution in [0.2, 0.25) is 0 Å². The standard InChI is InChI=1S/C19H40N4O2/c1-7-8-16(12-25-6)23(14-20)18(24)9-10-19(4,5)13-22-17(21)11-15(2)3/h15-16H,7-14,20H2,1-6H3,(H2,21,22). The molecule has 0 radical (unpaired) electrons. The van der Waals surface area contributed by atoms with Crippen molar-refractivity contribution in [2.45, 2.75) is 72.8 Å². The van der Waals surface area contributed by atoms with Crippen LogP contribution in [-0.4, -0.2) is 49.6 Å². The van der Waals surface area contributed by atoms with E-state index in [2.05, 4.69) is 39.9 Å². The fraction of sp³-hybridized carbons (Fsp3) is 0.895. The number of nitrogens with two attached hydrogens (primary N) is 1. The van der Waals surface area contributed by atoms with Gasteiger partial charge in [0.15, 0.2) is 0 Å². The molecule has 1 atom stereocenters. The van der Waals surface area contributed by atoms with Crippen LogP contribution in [0.1, 0.15) is 66.7 Å². The third-order valence-electron chi connectivity index (χ3n) is 4.35. The van der Waals surface area contributed by atoms with Gasteiger partial charge in [0.1, 0.15) is 0 Å². The van der Waals surface area contributed by atoms with E-state index in [1.165, 1.54) is 0 Å². The molecule has 0 aromatic carbocycles. The van der Waals surface area contributed by atoms with Gasteiger partial charge in [-0.3, -0.25) is 10.2 Å². The van der Waals surface area contributed by atoms with Crippen molar-refractivity contribution >= 4 is 11.7 Å². The molecule has 25 heavy (non-hydrogen) atoms. The molecule has 0 rings (SSSR count). The Kier molecular flexibility index (Phi) is 11.7. The fourth-order valence-electron chi connectivity index (χ4n) is 2.81. The number of rotatable bonds is 13. The van der Waals surface area contributed by atoms with E-state index in [1.807, 2.05) is 0 Å². The lowest BCUT2D eigenvalue weighted by molar-refractivity contribution is -0.135. The average Bonchev–Trinajstić information content (AvgIpc) is 2.52. The number of methoxy groups -OCH3 is 1. The minimum absolute atomic E-state index is 0.0490. The second-order valence-electron chi connectivity index (χ2n) is 8.04. The predicted molar refractivity (Wildman–Crippen MR) is 105 cm³/mol. The van der Waals surface area contributed by atoms with Crippen molar-refractivity contribution in [3.05, 3.63) is 0 Å². The van der Waals surface area contributed by atoms with Crippen molar-refractivity contribution in [3.8, 4) is 0 Å². The van der Waals surface area contributed by atoms with E-state index in [9.17, 15) is 4.79 Å². The Labute approximate surface area is 154 Å². The van der Waals surface area contributed by atoms with Crippen LogP contribution in [0.15, 0.2) is 0 Å². The van der Waals surface area contributed by atoms with E-state index >= 15 is 0 Å². The van der Waals surface area contributed by atoms with Gasteiger partial charge in [-0.2, -0.15) is 0 Å². The van der Waals surface area contributed by atoms with Gasteiger partial charge in [-0.15, -0.1) is 0 Å². The van der Waals surface area contributed by atoms with Crippen LogP contribution in [0.25, 0.3) is 0 Å². The van der Waals surface area contributed by atoms with E-state index in [-0.39, 0.29) is 24.0 Å². The number of amidine groups is 1. The fourth-order valence-corrected chi connectivity index (χ4v) is 2.81. The summed E-state index contributed by atoms with van der Waals surface area (Å²) in [7, 11) is 1.66. The molecule has 0 aliphatic rings. The van der Waals surface area contributed by atoms with E-state index in [0.717, 1.165) is 25.7 Å². The molecule has 148 valence electrons. The van der Waals surface area contributed by atoms with Crippen molar-refractivity contribution < 1.29 is 9.53 Å². The summed E-state index contributed by atoms with van der Waals surface area (Å²) in [6, 6.07) is 0.0490. The Morgan fingerprint density at radius 1 is 1.36 bits per heavy atom. The van der Waals surface area contributed by atoms with Crippen LogP contribution < -0.4 is 11.1 Å². The smallest absolute Gasteiger partial charge is 0.223 e. The van der Waals surface area contributed by atoms with Crippen LogP contribution in [-0.2, 0) is 9.53 Å². The highest BCUT2D eigenvalue weighted by Gasteiger charge is 2.25. The number of hydrogen-bond donors (Lipinski definition) is 3. The Morgan fingerprint density at radius 3 is 2.48 bits per heavy atom. The normalized spacial score (nSPS) is 13.0. The van der Waals surface area contributed by atoms with Crippen molar-refractivity contribution in [3.63, 3.8) is 0 Å². The van der Waals surface area contributed by atoms with Gasteiger partial charge in [0, 0.05) is 26.5 Å². The van der Waals surface area contributed by atoms with E-state index in [4.69, 9.17) is 15.9 Å². The number of hydrogen-bond acceptors (Lipinski definition) is 4. The molecule has 1 amide bonds. The molecule has 0 saturated carbocycles. The number of nitrogens with one attached hydrogen (secondary N) is 2. The molecule has 6 heteroatoms. The zero-order chi connectivity index (χ0) is 19.5. The summed E-state index contributed by atoms with van der Waals surface area (Å²) in [4.78, 5) is 14.4. The van der Waals surface area contributed by atoms with Crippen molar-refractivity contribution in [1.29, 1.82) is 5.41 Å². The van der Waals surface area contributed by atoms with Crippen molar-refractivity contribution in [1.82, 2.24) is 10.2 Å². The molecule has 0 fully saturated rings. The van der Waals surface area contributed by atoms with Crippen LogP contribution in [0.5, 0.6) is 0 Å². The van der Waals surface area contributed by atoms with Gasteiger partial charge in [-0.1, -0.05) is 41.0 Å². The largest absolute Gasteiger partial charge is 0.383 e. The molecule has 0 saturated heterocycles. The lowest BCUT2D eigenvalue weighted by Crippen LogP contribution is -2.46. The summed E-state index contributed by atoms with van der Waals surface area (Å²) >= 11 is 0. The third kappa shape index (κ3) is 10.4. The van der Waals surface area contributed by atoms with Crippen LogP contribution in [0.3, 0.4) is 0 Å². The summed E-state index contributed by atoms with van der Waals surface area (Å²) in [6.45, 7) is 12.0. The summed E-state index contributed by atoms with van der Waals surface area (Å²) < 4.78 is 5.25. The first-order valence-corrected chi connectivity index (χ1v) is 9.46. The van der Waals surface area contributed by atoms with Gasteiger partial charge in [-0.25, -0.2) is 0 Å². The summed E-state index contributed by atoms with van der Waals surface area (Å²) in [6.07, 6.45) is 3.87. The highest BCUT2D eigenvalue weighted by Crippen LogP contribution is 2.22. The van der Waals surface area contributed by atoms with Crippen molar-refractivity contribution in [2.24, 2.45) is 17.1 Å². The number of amides is 1. The number of carbonyl (C=O) groups is 1. The zero-order valence-corrected chi connectivity index (χ0v) is 17.2. The van der Waals surface area contributed by atoms with Gasteiger partial charge in [0.2, 0.25) is 5.91 Å². The van der Waals surface area contributed by atoms with Gasteiger partial charge in [-0.05, 0) is 24.2 Å². The first-order chi connectivity index (χ1) is 11.7. The molecule has 0 aliphatic carbocycles. The van der Waals surface area contributed by atoms with Gasteiger partial charge < -0.3 is 20.7 Å². The first-order valence-electron chi connectivity index (χ1n) is 9.46. The minimum atomic E-state index is -0.0548. The number of ether oxygens (including phenoxy) is 1. The van der Waals surface area contributed by atoms with Crippen molar-refractivity contribution in [2.75, 3.05) is 26.9 Å². The molecule has 1 unspecified atom stereocenters. The highest BCUT2D eigenvalue weighted by molar-refractivity contribution is 5.79. The Balaban J connectivity index is 4.53. The van der Waals surface area contributed by atoms with E-state index < -0.39 is 0 Å². The Morgan fingerprint density at radius 2 is 2.00 bits per heavy atom. The van der Waals surface area contributed by atoms with Gasteiger partial charge in [0.25, 0.3) is 0 Å². The maximum Gasteiger partial charge on any atom is 0.223 e. The summed E-state index contributed by atoms with van der Waals surface area (Å²) in [5.41, 5.74) is 5.77. The Bertz CT molecular complexity index is 391. The Hall–Kier alpha value is -1.14. The monoisotopic (exact) mass is 356 g/mol. The lowest BCUT2D eigenvalue weighted by atomic mass is 9.87. The lowest BCUT2D eigenvalue weighted by Gasteiger charge is -2.32. The maximum absolute atomic E-state index is 12.6. The third-order valence-corrected chi connectivity index (χ3v) is 4.35. The quantitative estimate of drug-likeness (QED) is 0.269. The zero-order valence-electron chi connectivity index (χ0n) is 17.2. The molecule has 6 nitrogen and oxygen atoms in total. The SMILES string of the molecule is CCCC(COC)N(CN)C(=O)CCC(C)(C)CNC(=N)CC(C)C. The van der Waals surface area contributed by atoms with Crippen LogP contribution >= 0.6 is 0 Å². The summed E-state index contributed by atoms with van der Waals surface area (Å²) in [5, 5.41) is 11.1. The van der Waals surface area contributed by atoms with Gasteiger partial charge >= 0.3 is 0 Å². The van der Waals surface area contributed by atoms with Gasteiger partial charge in [0.05, 0.1) is 25.2 Å². The minimum Gasteiger partial charge on any atom is -0.383 e. The molecule has 0 aromatic rings. The first kappa shape index (κ1) is 23.9. The molecule has 0 bridgehead atoms. The topological polar surface area (TPSA) is 91.4 Å². The number of carbonyl (C=O) groups excluding carboxylic acids is 1. The molecule has 0 spiro atoms. The molecule has 0 heterocycles. The molecule has 0 aliphatic heterocycles. The average molecular weight is 357 g/mol. The second-order valence-corrected chi connectivity index (χ2v) is 8.04. The second kappa shape index (κ2) is 12.3. The van der Waals surface area contributed by atoms with Crippen LogP contribution in [0.4, 0.5) is 0 Å². The molecule has 0 aromatic heterocycles. The maximum atomic E-state index is 12.6. The molecule has 4 N–H and O–H groups in total. The number of nitrogens with zero attached hydrogens (tertiary/aromatic N) is 1. The van der Waals surface area contributed by atoms with E-state index in [0.29, 0.717) is 31.3 Å². The molecular weight excluding hydrogens is 316 g/mol. The highest BCUT2D eigenvalue weighted by atomic mass is 16.5.